The summed E-state index contributed by atoms with van der Waals surface area (Å²) in [4.78, 5) is 13.2. The highest BCUT2D eigenvalue weighted by molar-refractivity contribution is 8.00. The van der Waals surface area contributed by atoms with E-state index in [0.29, 0.717) is 35.4 Å². The molecule has 40 heavy (non-hydrogen) atoms. The second-order valence-electron chi connectivity index (χ2n) is 9.22. The highest BCUT2D eigenvalue weighted by Crippen LogP contribution is 2.34. The Bertz CT molecular complexity index is 1660. The maximum absolute atomic E-state index is 13.8. The van der Waals surface area contributed by atoms with Gasteiger partial charge in [0.2, 0.25) is 10.0 Å². The minimum atomic E-state index is -3.76. The number of thioether (sulfide) groups is 1. The lowest BCUT2D eigenvalue weighted by Gasteiger charge is -2.26. The van der Waals surface area contributed by atoms with E-state index in [0.717, 1.165) is 29.5 Å². The van der Waals surface area contributed by atoms with Crippen molar-refractivity contribution in [1.82, 2.24) is 19.1 Å². The standard InChI is InChI=1S/C28H26F2N4O4S2/c1-18-8-10-22(40(36,37)33-12-14-38-15-13-33)17-23(18)27-31-32-28(34(27)21-6-4-3-5-7-21)39-19(2)26(35)20-9-11-24(29)25(30)16-20/h3-11,16-17,19H,12-15H2,1-2H3. The smallest absolute Gasteiger partial charge is 0.243 e. The van der Waals surface area contributed by atoms with Gasteiger partial charge in [-0.15, -0.1) is 10.2 Å². The molecule has 1 unspecified atom stereocenters. The van der Waals surface area contributed by atoms with Crippen molar-refractivity contribution in [3.8, 4) is 17.1 Å². The number of benzene rings is 3. The second-order valence-corrected chi connectivity index (χ2v) is 12.5. The number of morpholine rings is 1. The van der Waals surface area contributed by atoms with Crippen LogP contribution in [0.3, 0.4) is 0 Å². The minimum absolute atomic E-state index is 0.0433. The summed E-state index contributed by atoms with van der Waals surface area (Å²) in [6.07, 6.45) is 0. The van der Waals surface area contributed by atoms with Gasteiger partial charge >= 0.3 is 0 Å². The van der Waals surface area contributed by atoms with Gasteiger partial charge in [-0.2, -0.15) is 4.31 Å². The molecule has 2 heterocycles. The summed E-state index contributed by atoms with van der Waals surface area (Å²) in [5, 5.41) is 8.44. The number of carbonyl (C=O) groups is 1. The van der Waals surface area contributed by atoms with Gasteiger partial charge in [0.15, 0.2) is 28.4 Å². The van der Waals surface area contributed by atoms with Crippen LogP contribution in [0.5, 0.6) is 0 Å². The van der Waals surface area contributed by atoms with Crippen LogP contribution < -0.4 is 0 Å². The quantitative estimate of drug-likeness (QED) is 0.215. The number of hydrogen-bond acceptors (Lipinski definition) is 7. The van der Waals surface area contributed by atoms with Crippen LogP contribution in [0, 0.1) is 18.6 Å². The van der Waals surface area contributed by atoms with Crippen LogP contribution >= 0.6 is 11.8 Å². The van der Waals surface area contributed by atoms with E-state index in [9.17, 15) is 22.0 Å². The average Bonchev–Trinajstić information content (AvgIpc) is 3.38. The Kier molecular flexibility index (Phi) is 8.13. The summed E-state index contributed by atoms with van der Waals surface area (Å²) in [6.45, 7) is 4.72. The van der Waals surface area contributed by atoms with Crippen molar-refractivity contribution in [1.29, 1.82) is 0 Å². The summed E-state index contributed by atoms with van der Waals surface area (Å²) in [6, 6.07) is 17.2. The summed E-state index contributed by atoms with van der Waals surface area (Å²) >= 11 is 1.12. The molecule has 4 aromatic rings. The number of nitrogens with zero attached hydrogens (tertiary/aromatic N) is 4. The minimum Gasteiger partial charge on any atom is -0.379 e. The Morgan fingerprint density at radius 1 is 0.975 bits per heavy atom. The van der Waals surface area contributed by atoms with Gasteiger partial charge in [0, 0.05) is 29.9 Å². The van der Waals surface area contributed by atoms with Crippen LogP contribution in [0.1, 0.15) is 22.8 Å². The Morgan fingerprint density at radius 2 is 1.70 bits per heavy atom. The molecule has 1 atom stereocenters. The fourth-order valence-electron chi connectivity index (χ4n) is 4.36. The number of aryl methyl sites for hydroxylation is 1. The summed E-state index contributed by atoms with van der Waals surface area (Å²) in [7, 11) is -3.76. The number of Topliss-reactive ketones (excluding diaryl/α,β-unsaturated/α-hetero) is 1. The number of sulfonamides is 1. The zero-order chi connectivity index (χ0) is 28.4. The third kappa shape index (κ3) is 5.57. The Labute approximate surface area is 235 Å². The first-order valence-corrected chi connectivity index (χ1v) is 14.8. The van der Waals surface area contributed by atoms with Gasteiger partial charge in [-0.05, 0) is 61.9 Å². The molecular weight excluding hydrogens is 558 g/mol. The first kappa shape index (κ1) is 28.1. The average molecular weight is 585 g/mol. The zero-order valence-electron chi connectivity index (χ0n) is 21.8. The number of aromatic nitrogens is 3. The van der Waals surface area contributed by atoms with Gasteiger partial charge in [0.05, 0.1) is 23.4 Å². The monoisotopic (exact) mass is 584 g/mol. The van der Waals surface area contributed by atoms with Gasteiger partial charge in [-0.1, -0.05) is 36.0 Å². The maximum atomic E-state index is 13.8. The number of ether oxygens (including phenoxy) is 1. The molecule has 0 aliphatic carbocycles. The molecule has 12 heteroatoms. The maximum Gasteiger partial charge on any atom is 0.243 e. The SMILES string of the molecule is Cc1ccc(S(=O)(=O)N2CCOCC2)cc1-c1nnc(SC(C)C(=O)c2ccc(F)c(F)c2)n1-c1ccccc1. The number of para-hydroxylation sites is 1. The summed E-state index contributed by atoms with van der Waals surface area (Å²) in [5.74, 6) is -2.13. The van der Waals surface area contributed by atoms with Crippen molar-refractivity contribution < 1.29 is 26.7 Å². The van der Waals surface area contributed by atoms with E-state index >= 15 is 0 Å². The van der Waals surface area contributed by atoms with Crippen molar-refractivity contribution in [2.75, 3.05) is 26.3 Å². The lowest BCUT2D eigenvalue weighted by atomic mass is 10.1. The van der Waals surface area contributed by atoms with Crippen LogP contribution in [0.25, 0.3) is 17.1 Å². The van der Waals surface area contributed by atoms with Crippen LogP contribution in [0.4, 0.5) is 8.78 Å². The molecule has 0 saturated carbocycles. The van der Waals surface area contributed by atoms with E-state index in [1.54, 1.807) is 29.7 Å². The molecule has 1 fully saturated rings. The highest BCUT2D eigenvalue weighted by Gasteiger charge is 2.29. The zero-order valence-corrected chi connectivity index (χ0v) is 23.4. The van der Waals surface area contributed by atoms with Crippen LogP contribution in [0.2, 0.25) is 0 Å². The Hall–Kier alpha value is -3.45. The first-order chi connectivity index (χ1) is 19.2. The highest BCUT2D eigenvalue weighted by atomic mass is 32.2. The van der Waals surface area contributed by atoms with Crippen LogP contribution in [-0.4, -0.2) is 64.8 Å². The molecule has 208 valence electrons. The number of carbonyl (C=O) groups excluding carboxylic acids is 1. The van der Waals surface area contributed by atoms with E-state index in [2.05, 4.69) is 10.2 Å². The van der Waals surface area contributed by atoms with Crippen molar-refractivity contribution >= 4 is 27.6 Å². The fraction of sp³-hybridized carbons (Fsp3) is 0.250. The lowest BCUT2D eigenvalue weighted by molar-refractivity contribution is 0.0730. The van der Waals surface area contributed by atoms with Gasteiger partial charge in [-0.25, -0.2) is 17.2 Å². The first-order valence-electron chi connectivity index (χ1n) is 12.5. The Balaban J connectivity index is 1.54. The summed E-state index contributed by atoms with van der Waals surface area (Å²) < 4.78 is 62.4. The van der Waals surface area contributed by atoms with Crippen molar-refractivity contribution in [2.45, 2.75) is 29.1 Å². The molecule has 0 N–H and O–H groups in total. The van der Waals surface area contributed by atoms with Gasteiger partial charge in [0.25, 0.3) is 0 Å². The fourth-order valence-corrected chi connectivity index (χ4v) is 6.74. The van der Waals surface area contributed by atoms with Crippen LogP contribution in [0.15, 0.2) is 76.8 Å². The third-order valence-corrected chi connectivity index (χ3v) is 9.50. The third-order valence-electron chi connectivity index (χ3n) is 6.56. The molecule has 1 saturated heterocycles. The number of ketones is 1. The molecule has 0 spiro atoms. The number of hydrogen-bond donors (Lipinski definition) is 0. The van der Waals surface area contributed by atoms with Crippen molar-refractivity contribution in [3.05, 3.63) is 89.5 Å². The van der Waals surface area contributed by atoms with Crippen molar-refractivity contribution in [3.63, 3.8) is 0 Å². The number of halogens is 2. The molecule has 1 aliphatic rings. The molecule has 1 aromatic heterocycles. The molecule has 5 rings (SSSR count). The molecule has 1 aliphatic heterocycles. The van der Waals surface area contributed by atoms with E-state index in [4.69, 9.17) is 4.74 Å². The topological polar surface area (TPSA) is 94.4 Å². The van der Waals surface area contributed by atoms with E-state index < -0.39 is 32.7 Å². The predicted octanol–water partition coefficient (Wildman–Crippen LogP) is 4.91. The molecule has 3 aromatic carbocycles. The molecule has 0 amide bonds. The van der Waals surface area contributed by atoms with Crippen molar-refractivity contribution in [2.24, 2.45) is 0 Å². The normalized spacial score (nSPS) is 15.2. The summed E-state index contributed by atoms with van der Waals surface area (Å²) in [5.41, 5.74) is 2.10. The largest absolute Gasteiger partial charge is 0.379 e. The van der Waals surface area contributed by atoms with Gasteiger partial charge in [-0.3, -0.25) is 9.36 Å². The van der Waals surface area contributed by atoms with E-state index in [-0.39, 0.29) is 23.5 Å². The van der Waals surface area contributed by atoms with E-state index in [1.807, 2.05) is 37.3 Å². The van der Waals surface area contributed by atoms with Gasteiger partial charge in [0.1, 0.15) is 0 Å². The predicted molar refractivity (Wildman–Crippen MR) is 147 cm³/mol. The second kappa shape index (κ2) is 11.6. The molecule has 0 bridgehead atoms. The molecule has 0 radical (unpaired) electrons. The lowest BCUT2D eigenvalue weighted by Crippen LogP contribution is -2.40. The van der Waals surface area contributed by atoms with Gasteiger partial charge < -0.3 is 4.74 Å². The van der Waals surface area contributed by atoms with E-state index in [1.165, 1.54) is 10.4 Å². The Morgan fingerprint density at radius 3 is 2.40 bits per heavy atom. The van der Waals surface area contributed by atoms with Crippen LogP contribution in [-0.2, 0) is 14.8 Å². The number of rotatable bonds is 8. The molecule has 8 nitrogen and oxygen atoms in total. The molecular formula is C28H26F2N4O4S2.